The zero-order chi connectivity index (χ0) is 20.2. The Hall–Kier alpha value is -2.58. The Morgan fingerprint density at radius 1 is 1.33 bits per heavy atom. The van der Waals surface area contributed by atoms with E-state index in [9.17, 15) is 27.6 Å². The summed E-state index contributed by atoms with van der Waals surface area (Å²) < 4.78 is 38.7. The first kappa shape index (κ1) is 20.7. The molecule has 1 saturated heterocycles. The maximum Gasteiger partial charge on any atom is 0.416 e. The highest BCUT2D eigenvalue weighted by atomic mass is 19.4. The molecule has 0 spiro atoms. The third-order valence-electron chi connectivity index (χ3n) is 4.53. The Morgan fingerprint density at radius 2 is 2.04 bits per heavy atom. The van der Waals surface area contributed by atoms with Crippen molar-refractivity contribution in [2.75, 3.05) is 19.6 Å². The molecule has 0 saturated carbocycles. The first-order valence-electron chi connectivity index (χ1n) is 8.70. The van der Waals surface area contributed by atoms with Gasteiger partial charge in [0.15, 0.2) is 0 Å². The number of hydrogen-bond donors (Lipinski definition) is 1. The lowest BCUT2D eigenvalue weighted by Gasteiger charge is -2.29. The third-order valence-corrected chi connectivity index (χ3v) is 4.53. The Bertz CT molecular complexity index is 705. The summed E-state index contributed by atoms with van der Waals surface area (Å²) in [5, 5.41) is 2.40. The van der Waals surface area contributed by atoms with Crippen molar-refractivity contribution in [3.8, 4) is 0 Å². The minimum absolute atomic E-state index is 0.0412. The van der Waals surface area contributed by atoms with E-state index in [0.717, 1.165) is 17.0 Å². The van der Waals surface area contributed by atoms with Crippen molar-refractivity contribution in [3.63, 3.8) is 0 Å². The minimum atomic E-state index is -4.44. The summed E-state index contributed by atoms with van der Waals surface area (Å²) in [4.78, 5) is 38.0. The molecule has 1 atom stereocenters. The van der Waals surface area contributed by atoms with Crippen molar-refractivity contribution in [2.45, 2.75) is 38.9 Å². The van der Waals surface area contributed by atoms with Crippen molar-refractivity contribution in [3.05, 3.63) is 35.4 Å². The van der Waals surface area contributed by atoms with Gasteiger partial charge in [-0.2, -0.15) is 13.2 Å². The molecule has 9 heteroatoms. The molecule has 1 aromatic rings. The first-order valence-corrected chi connectivity index (χ1v) is 8.70. The summed E-state index contributed by atoms with van der Waals surface area (Å²) in [6, 6.07) is 3.92. The molecule has 1 unspecified atom stereocenters. The zero-order valence-corrected chi connectivity index (χ0v) is 15.2. The molecule has 1 aliphatic heterocycles. The van der Waals surface area contributed by atoms with Crippen LogP contribution >= 0.6 is 0 Å². The Kier molecular flexibility index (Phi) is 6.45. The van der Waals surface area contributed by atoms with Crippen LogP contribution < -0.4 is 5.32 Å². The summed E-state index contributed by atoms with van der Waals surface area (Å²) in [5.74, 6) is -0.577. The number of carbonyl (C=O) groups is 3. The topological polar surface area (TPSA) is 69.7 Å². The van der Waals surface area contributed by atoms with Crippen LogP contribution in [0.5, 0.6) is 0 Å². The molecule has 148 valence electrons. The van der Waals surface area contributed by atoms with Gasteiger partial charge < -0.3 is 10.2 Å². The summed E-state index contributed by atoms with van der Waals surface area (Å²) in [6.45, 7) is 3.85. The van der Waals surface area contributed by atoms with Gasteiger partial charge in [0.1, 0.15) is 0 Å². The van der Waals surface area contributed by atoms with Crippen molar-refractivity contribution < 1.29 is 27.6 Å². The maximum absolute atomic E-state index is 12.9. The van der Waals surface area contributed by atoms with E-state index in [-0.39, 0.29) is 31.3 Å². The number of amides is 4. The lowest BCUT2D eigenvalue weighted by Crippen LogP contribution is -2.35. The van der Waals surface area contributed by atoms with E-state index in [1.807, 2.05) is 0 Å². The lowest BCUT2D eigenvalue weighted by molar-refractivity contribution is -0.137. The van der Waals surface area contributed by atoms with Crippen LogP contribution in [0.2, 0.25) is 0 Å². The summed E-state index contributed by atoms with van der Waals surface area (Å²) in [7, 11) is 0. The zero-order valence-electron chi connectivity index (χ0n) is 15.2. The SMILES string of the molecule is CCN(C(=O)CCCN1C(=O)CNC1=O)C(C)c1cccc(C(F)(F)F)c1. The molecular weight excluding hydrogens is 363 g/mol. The second kappa shape index (κ2) is 8.41. The molecule has 1 N–H and O–H groups in total. The molecule has 2 rings (SSSR count). The molecule has 1 aliphatic rings. The predicted octanol–water partition coefficient (Wildman–Crippen LogP) is 2.95. The van der Waals surface area contributed by atoms with Crippen molar-refractivity contribution >= 4 is 17.8 Å². The summed E-state index contributed by atoms with van der Waals surface area (Å²) in [5.41, 5.74) is -0.358. The van der Waals surface area contributed by atoms with Gasteiger partial charge in [-0.1, -0.05) is 12.1 Å². The van der Waals surface area contributed by atoms with Gasteiger partial charge in [-0.3, -0.25) is 14.5 Å². The fourth-order valence-corrected chi connectivity index (χ4v) is 3.03. The number of nitrogens with zero attached hydrogens (tertiary/aromatic N) is 2. The normalized spacial score (nSPS) is 15.7. The molecule has 0 aliphatic carbocycles. The van der Waals surface area contributed by atoms with Crippen molar-refractivity contribution in [1.29, 1.82) is 0 Å². The van der Waals surface area contributed by atoms with Crippen molar-refractivity contribution in [1.82, 2.24) is 15.1 Å². The van der Waals surface area contributed by atoms with Gasteiger partial charge in [0.05, 0.1) is 18.2 Å². The van der Waals surface area contributed by atoms with Crippen LogP contribution in [0.25, 0.3) is 0 Å². The van der Waals surface area contributed by atoms with Crippen LogP contribution in [0, 0.1) is 0 Å². The average molecular weight is 385 g/mol. The highest BCUT2D eigenvalue weighted by molar-refractivity contribution is 6.01. The van der Waals surface area contributed by atoms with Crippen LogP contribution in [0.1, 0.15) is 43.9 Å². The fraction of sp³-hybridized carbons (Fsp3) is 0.500. The number of benzene rings is 1. The summed E-state index contributed by atoms with van der Waals surface area (Å²) >= 11 is 0. The van der Waals surface area contributed by atoms with Gasteiger partial charge >= 0.3 is 12.2 Å². The highest BCUT2D eigenvalue weighted by Crippen LogP contribution is 2.32. The average Bonchev–Trinajstić information content (AvgIpc) is 2.93. The standard InChI is InChI=1S/C18H22F3N3O3/c1-3-23(12(2)13-6-4-7-14(10-13)18(19,20)21)15(25)8-5-9-24-16(26)11-22-17(24)27/h4,6-7,10,12H,3,5,8-9,11H2,1-2H3,(H,22,27). The molecule has 27 heavy (non-hydrogen) atoms. The smallest absolute Gasteiger partial charge is 0.336 e. The highest BCUT2D eigenvalue weighted by Gasteiger charge is 2.32. The Labute approximate surface area is 155 Å². The Morgan fingerprint density at radius 3 is 2.59 bits per heavy atom. The molecule has 0 aromatic heterocycles. The number of rotatable bonds is 7. The number of urea groups is 1. The van der Waals surface area contributed by atoms with Crippen LogP contribution in [-0.2, 0) is 15.8 Å². The molecule has 1 fully saturated rings. The first-order chi connectivity index (χ1) is 12.6. The van der Waals surface area contributed by atoms with Gasteiger partial charge in [-0.05, 0) is 38.0 Å². The van der Waals surface area contributed by atoms with E-state index in [1.165, 1.54) is 11.0 Å². The van der Waals surface area contributed by atoms with Crippen LogP contribution in [0.3, 0.4) is 0 Å². The molecule has 6 nitrogen and oxygen atoms in total. The van der Waals surface area contributed by atoms with E-state index < -0.39 is 23.8 Å². The van der Waals surface area contributed by atoms with Gasteiger partial charge in [-0.25, -0.2) is 4.79 Å². The second-order valence-electron chi connectivity index (χ2n) is 6.29. The summed E-state index contributed by atoms with van der Waals surface area (Å²) in [6.07, 6.45) is -4.06. The Balaban J connectivity index is 1.99. The number of carbonyl (C=O) groups excluding carboxylic acids is 3. The van der Waals surface area contributed by atoms with E-state index >= 15 is 0 Å². The molecular formula is C18H22F3N3O3. The second-order valence-corrected chi connectivity index (χ2v) is 6.29. The number of alkyl halides is 3. The van der Waals surface area contributed by atoms with Crippen LogP contribution in [0.4, 0.5) is 18.0 Å². The van der Waals surface area contributed by atoms with E-state index in [1.54, 1.807) is 19.9 Å². The van der Waals surface area contributed by atoms with Gasteiger partial charge in [0, 0.05) is 19.5 Å². The molecule has 0 bridgehead atoms. The number of halogens is 3. The van der Waals surface area contributed by atoms with E-state index in [0.29, 0.717) is 18.5 Å². The van der Waals surface area contributed by atoms with E-state index in [2.05, 4.69) is 5.32 Å². The molecule has 1 aromatic carbocycles. The number of imide groups is 1. The van der Waals surface area contributed by atoms with E-state index in [4.69, 9.17) is 0 Å². The quantitative estimate of drug-likeness (QED) is 0.734. The lowest BCUT2D eigenvalue weighted by atomic mass is 10.0. The maximum atomic E-state index is 12.9. The van der Waals surface area contributed by atoms with Crippen LogP contribution in [0.15, 0.2) is 24.3 Å². The minimum Gasteiger partial charge on any atom is -0.336 e. The number of hydrogen-bond acceptors (Lipinski definition) is 3. The predicted molar refractivity (Wildman–Crippen MR) is 91.6 cm³/mol. The van der Waals surface area contributed by atoms with Gasteiger partial charge in [-0.15, -0.1) is 0 Å². The molecule has 4 amide bonds. The van der Waals surface area contributed by atoms with Gasteiger partial charge in [0.25, 0.3) is 0 Å². The van der Waals surface area contributed by atoms with Gasteiger partial charge in [0.2, 0.25) is 11.8 Å². The number of nitrogens with one attached hydrogen (secondary N) is 1. The third kappa shape index (κ3) is 4.99. The monoisotopic (exact) mass is 385 g/mol. The molecule has 0 radical (unpaired) electrons. The van der Waals surface area contributed by atoms with Crippen LogP contribution in [-0.4, -0.2) is 47.3 Å². The fourth-order valence-electron chi connectivity index (χ4n) is 3.03. The molecule has 1 heterocycles. The van der Waals surface area contributed by atoms with Crippen molar-refractivity contribution in [2.24, 2.45) is 0 Å². The largest absolute Gasteiger partial charge is 0.416 e.